The zero-order valence-corrected chi connectivity index (χ0v) is 15.4. The number of hydrogen-bond donors (Lipinski definition) is 1. The summed E-state index contributed by atoms with van der Waals surface area (Å²) in [5, 5.41) is 6.51. The minimum absolute atomic E-state index is 0.198. The Labute approximate surface area is 163 Å². The van der Waals surface area contributed by atoms with Crippen molar-refractivity contribution in [3.63, 3.8) is 0 Å². The molecule has 4 rings (SSSR count). The molecule has 11 heteroatoms. The van der Waals surface area contributed by atoms with Crippen molar-refractivity contribution in [2.24, 2.45) is 0 Å². The molecule has 0 radical (unpaired) electrons. The molecule has 1 aliphatic heterocycles. The fourth-order valence-electron chi connectivity index (χ4n) is 2.82. The van der Waals surface area contributed by atoms with Gasteiger partial charge in [0.15, 0.2) is 6.61 Å². The van der Waals surface area contributed by atoms with E-state index in [1.165, 1.54) is 36.0 Å². The molecule has 0 saturated heterocycles. The standard InChI is InChI=1S/C18H14N6O5/c1-9-5-6-19-18-21-14(22-24(9)18)17(28)29-8-13(25)20-10-3-4-11-12(7-10)16(27)23(2)15(11)26/h3-7H,8H2,1-2H3,(H,20,25). The van der Waals surface area contributed by atoms with Gasteiger partial charge in [-0.05, 0) is 31.2 Å². The Bertz CT molecular complexity index is 1200. The molecule has 0 aliphatic carbocycles. The Morgan fingerprint density at radius 3 is 2.66 bits per heavy atom. The summed E-state index contributed by atoms with van der Waals surface area (Å²) in [4.78, 5) is 57.0. The minimum atomic E-state index is -0.874. The molecular formula is C18H14N6O5. The van der Waals surface area contributed by atoms with Crippen LogP contribution >= 0.6 is 0 Å². The van der Waals surface area contributed by atoms with Crippen LogP contribution in [0.4, 0.5) is 5.69 Å². The second-order valence-electron chi connectivity index (χ2n) is 6.29. The van der Waals surface area contributed by atoms with Gasteiger partial charge in [0, 0.05) is 24.6 Å². The molecule has 0 fully saturated rings. The van der Waals surface area contributed by atoms with E-state index in [-0.39, 0.29) is 22.7 Å². The molecular weight excluding hydrogens is 380 g/mol. The van der Waals surface area contributed by atoms with Crippen LogP contribution in [0.2, 0.25) is 0 Å². The first-order valence-corrected chi connectivity index (χ1v) is 8.47. The van der Waals surface area contributed by atoms with E-state index in [2.05, 4.69) is 20.4 Å². The van der Waals surface area contributed by atoms with Crippen molar-refractivity contribution in [2.45, 2.75) is 6.92 Å². The predicted molar refractivity (Wildman–Crippen MR) is 97.3 cm³/mol. The van der Waals surface area contributed by atoms with E-state index in [1.54, 1.807) is 13.0 Å². The number of rotatable bonds is 4. The van der Waals surface area contributed by atoms with Gasteiger partial charge in [-0.25, -0.2) is 14.3 Å². The SMILES string of the molecule is Cc1ccnc2nc(C(=O)OCC(=O)Nc3ccc4c(c3)C(=O)N(C)C4=O)nn12. The number of hydrogen-bond acceptors (Lipinski definition) is 8. The van der Waals surface area contributed by atoms with Crippen LogP contribution in [0.5, 0.6) is 0 Å². The van der Waals surface area contributed by atoms with Crippen LogP contribution in [0, 0.1) is 6.92 Å². The van der Waals surface area contributed by atoms with Gasteiger partial charge < -0.3 is 10.1 Å². The zero-order chi connectivity index (χ0) is 20.7. The van der Waals surface area contributed by atoms with Gasteiger partial charge in [-0.1, -0.05) is 0 Å². The summed E-state index contributed by atoms with van der Waals surface area (Å²) in [7, 11) is 1.38. The van der Waals surface area contributed by atoms with Crippen molar-refractivity contribution in [3.05, 3.63) is 53.1 Å². The summed E-state index contributed by atoms with van der Waals surface area (Å²) < 4.78 is 6.32. The quantitative estimate of drug-likeness (QED) is 0.498. The molecule has 1 N–H and O–H groups in total. The first-order chi connectivity index (χ1) is 13.8. The molecule has 0 unspecified atom stereocenters. The monoisotopic (exact) mass is 394 g/mol. The number of anilines is 1. The lowest BCUT2D eigenvalue weighted by Gasteiger charge is -2.06. The maximum Gasteiger partial charge on any atom is 0.378 e. The van der Waals surface area contributed by atoms with Crippen LogP contribution in [-0.4, -0.2) is 61.8 Å². The van der Waals surface area contributed by atoms with Gasteiger partial charge >= 0.3 is 5.97 Å². The van der Waals surface area contributed by atoms with Crippen molar-refractivity contribution in [3.8, 4) is 0 Å². The van der Waals surface area contributed by atoms with E-state index in [1.807, 2.05) is 0 Å². The summed E-state index contributed by atoms with van der Waals surface area (Å²) in [6, 6.07) is 6.05. The zero-order valence-electron chi connectivity index (χ0n) is 15.4. The number of benzene rings is 1. The lowest BCUT2D eigenvalue weighted by molar-refractivity contribution is -0.119. The minimum Gasteiger partial charge on any atom is -0.450 e. The highest BCUT2D eigenvalue weighted by Gasteiger charge is 2.32. The second kappa shape index (κ2) is 6.78. The maximum absolute atomic E-state index is 12.1. The molecule has 29 heavy (non-hydrogen) atoms. The number of carbonyl (C=O) groups excluding carboxylic acids is 4. The number of carbonyl (C=O) groups is 4. The van der Waals surface area contributed by atoms with E-state index >= 15 is 0 Å². The molecule has 3 amide bonds. The lowest BCUT2D eigenvalue weighted by Crippen LogP contribution is -2.24. The highest BCUT2D eigenvalue weighted by atomic mass is 16.5. The summed E-state index contributed by atoms with van der Waals surface area (Å²) in [6.07, 6.45) is 1.54. The number of ether oxygens (including phenoxy) is 1. The van der Waals surface area contributed by atoms with Crippen LogP contribution in [-0.2, 0) is 9.53 Å². The summed E-state index contributed by atoms with van der Waals surface area (Å²) in [5.74, 6) is -2.33. The molecule has 0 spiro atoms. The number of fused-ring (bicyclic) bond motifs is 2. The average molecular weight is 394 g/mol. The summed E-state index contributed by atoms with van der Waals surface area (Å²) >= 11 is 0. The number of esters is 1. The molecule has 11 nitrogen and oxygen atoms in total. The molecule has 0 saturated carbocycles. The fourth-order valence-corrected chi connectivity index (χ4v) is 2.82. The molecule has 2 aromatic heterocycles. The topological polar surface area (TPSA) is 136 Å². The lowest BCUT2D eigenvalue weighted by atomic mass is 10.1. The third-order valence-corrected chi connectivity index (χ3v) is 4.32. The third kappa shape index (κ3) is 3.18. The van der Waals surface area contributed by atoms with Gasteiger partial charge in [0.1, 0.15) is 0 Å². The van der Waals surface area contributed by atoms with Crippen LogP contribution in [0.1, 0.15) is 37.0 Å². The third-order valence-electron chi connectivity index (χ3n) is 4.32. The van der Waals surface area contributed by atoms with E-state index in [9.17, 15) is 19.2 Å². The van der Waals surface area contributed by atoms with Crippen LogP contribution in [0.25, 0.3) is 5.78 Å². The molecule has 0 bridgehead atoms. The Morgan fingerprint density at radius 1 is 1.14 bits per heavy atom. The second-order valence-corrected chi connectivity index (χ2v) is 6.29. The molecule has 3 heterocycles. The van der Waals surface area contributed by atoms with Gasteiger partial charge in [-0.3, -0.25) is 19.3 Å². The van der Waals surface area contributed by atoms with E-state index in [0.29, 0.717) is 5.69 Å². The van der Waals surface area contributed by atoms with Gasteiger partial charge in [0.2, 0.25) is 0 Å². The number of aromatic nitrogens is 4. The van der Waals surface area contributed by atoms with Crippen molar-refractivity contribution in [1.82, 2.24) is 24.5 Å². The molecule has 1 aromatic carbocycles. The Balaban J connectivity index is 1.40. The number of nitrogens with zero attached hydrogens (tertiary/aromatic N) is 5. The van der Waals surface area contributed by atoms with Gasteiger partial charge in [0.25, 0.3) is 29.3 Å². The van der Waals surface area contributed by atoms with E-state index < -0.39 is 30.3 Å². The van der Waals surface area contributed by atoms with Crippen molar-refractivity contribution >= 4 is 35.2 Å². The maximum atomic E-state index is 12.1. The molecule has 3 aromatic rings. The predicted octanol–water partition coefficient (Wildman–Crippen LogP) is 0.454. The number of amides is 3. The Hall–Kier alpha value is -4.15. The molecule has 1 aliphatic rings. The molecule has 0 atom stereocenters. The first-order valence-electron chi connectivity index (χ1n) is 8.47. The fraction of sp³-hybridized carbons (Fsp3) is 0.167. The molecule has 146 valence electrons. The Kier molecular flexibility index (Phi) is 4.26. The number of nitrogens with one attached hydrogen (secondary N) is 1. The highest BCUT2D eigenvalue weighted by Crippen LogP contribution is 2.24. The summed E-state index contributed by atoms with van der Waals surface area (Å²) in [5.41, 5.74) is 1.49. The normalized spacial score (nSPS) is 13.0. The van der Waals surface area contributed by atoms with Gasteiger partial charge in [0.05, 0.1) is 11.1 Å². The van der Waals surface area contributed by atoms with Crippen LogP contribution in [0.3, 0.4) is 0 Å². The van der Waals surface area contributed by atoms with Crippen molar-refractivity contribution < 1.29 is 23.9 Å². The number of aryl methyl sites for hydroxylation is 1. The number of imide groups is 1. The van der Waals surface area contributed by atoms with Crippen molar-refractivity contribution in [2.75, 3.05) is 19.0 Å². The summed E-state index contributed by atoms with van der Waals surface area (Å²) in [6.45, 7) is 1.20. The first kappa shape index (κ1) is 18.2. The van der Waals surface area contributed by atoms with Gasteiger partial charge in [-0.15, -0.1) is 5.10 Å². The van der Waals surface area contributed by atoms with Crippen molar-refractivity contribution in [1.29, 1.82) is 0 Å². The van der Waals surface area contributed by atoms with E-state index in [0.717, 1.165) is 10.6 Å². The average Bonchev–Trinajstić information content (AvgIpc) is 3.23. The van der Waals surface area contributed by atoms with Gasteiger partial charge in [-0.2, -0.15) is 4.98 Å². The smallest absolute Gasteiger partial charge is 0.378 e. The largest absolute Gasteiger partial charge is 0.450 e. The van der Waals surface area contributed by atoms with E-state index in [4.69, 9.17) is 4.74 Å². The van der Waals surface area contributed by atoms with Crippen LogP contribution < -0.4 is 5.32 Å². The Morgan fingerprint density at radius 2 is 1.90 bits per heavy atom. The highest BCUT2D eigenvalue weighted by molar-refractivity contribution is 6.21. The van der Waals surface area contributed by atoms with Crippen LogP contribution in [0.15, 0.2) is 30.5 Å².